The van der Waals surface area contributed by atoms with Gasteiger partial charge in [0.25, 0.3) is 0 Å². The molecule has 1 heterocycles. The Balaban J connectivity index is 0.00000162. The summed E-state index contributed by atoms with van der Waals surface area (Å²) in [6.45, 7) is 4.13. The zero-order valence-electron chi connectivity index (χ0n) is 10.5. The average molecular weight is 338 g/mol. The highest BCUT2D eigenvalue weighted by molar-refractivity contribution is 9.10. The maximum atomic E-state index is 13.2. The van der Waals surface area contributed by atoms with Crippen LogP contribution in [-0.2, 0) is 6.54 Å². The molecular formula is C13H19BrClFN2. The fraction of sp³-hybridized carbons (Fsp3) is 0.538. The Kier molecular flexibility index (Phi) is 6.57. The molecule has 1 saturated heterocycles. The molecule has 0 bridgehead atoms. The second-order valence-corrected chi connectivity index (χ2v) is 5.64. The Bertz CT molecular complexity index is 369. The molecule has 0 amide bonds. The van der Waals surface area contributed by atoms with E-state index in [9.17, 15) is 4.39 Å². The monoisotopic (exact) mass is 336 g/mol. The van der Waals surface area contributed by atoms with Gasteiger partial charge in [-0.15, -0.1) is 12.4 Å². The minimum Gasteiger partial charge on any atom is -0.319 e. The standard InChI is InChI=1S/C13H18BrFN2.ClH/c1-16-7-10-2-3-17(8-10)9-11-4-12(14)6-13(15)5-11;/h4-6,10,16H,2-3,7-9H2,1H3;1H. The van der Waals surface area contributed by atoms with Gasteiger partial charge in [-0.1, -0.05) is 15.9 Å². The lowest BCUT2D eigenvalue weighted by Crippen LogP contribution is -2.24. The van der Waals surface area contributed by atoms with Crippen molar-refractivity contribution < 1.29 is 4.39 Å². The van der Waals surface area contributed by atoms with Crippen LogP contribution < -0.4 is 5.32 Å². The van der Waals surface area contributed by atoms with Crippen molar-refractivity contribution in [2.45, 2.75) is 13.0 Å². The lowest BCUT2D eigenvalue weighted by atomic mass is 10.1. The van der Waals surface area contributed by atoms with E-state index in [0.29, 0.717) is 0 Å². The maximum Gasteiger partial charge on any atom is 0.124 e. The highest BCUT2D eigenvalue weighted by Gasteiger charge is 2.21. The highest BCUT2D eigenvalue weighted by atomic mass is 79.9. The first-order valence-electron chi connectivity index (χ1n) is 5.99. The third-order valence-electron chi connectivity index (χ3n) is 3.19. The smallest absolute Gasteiger partial charge is 0.124 e. The molecule has 2 nitrogen and oxygen atoms in total. The summed E-state index contributed by atoms with van der Waals surface area (Å²) in [5.74, 6) is 0.567. The predicted octanol–water partition coefficient (Wildman–Crippen LogP) is 3.05. The first-order chi connectivity index (χ1) is 8.17. The van der Waals surface area contributed by atoms with Crippen molar-refractivity contribution in [3.05, 3.63) is 34.1 Å². The lowest BCUT2D eigenvalue weighted by molar-refractivity contribution is 0.315. The van der Waals surface area contributed by atoms with Crippen LogP contribution in [0.4, 0.5) is 4.39 Å². The molecule has 102 valence electrons. The number of rotatable bonds is 4. The summed E-state index contributed by atoms with van der Waals surface area (Å²) >= 11 is 3.33. The van der Waals surface area contributed by atoms with Crippen molar-refractivity contribution in [1.82, 2.24) is 10.2 Å². The summed E-state index contributed by atoms with van der Waals surface area (Å²) in [7, 11) is 1.99. The van der Waals surface area contributed by atoms with Crippen molar-refractivity contribution in [3.63, 3.8) is 0 Å². The largest absolute Gasteiger partial charge is 0.319 e. The molecular weight excluding hydrogens is 319 g/mol. The zero-order chi connectivity index (χ0) is 12.3. The minimum absolute atomic E-state index is 0. The van der Waals surface area contributed by atoms with Crippen molar-refractivity contribution in [1.29, 1.82) is 0 Å². The lowest BCUT2D eigenvalue weighted by Gasteiger charge is -2.16. The van der Waals surface area contributed by atoms with E-state index in [0.717, 1.165) is 42.1 Å². The van der Waals surface area contributed by atoms with E-state index >= 15 is 0 Å². The van der Waals surface area contributed by atoms with Gasteiger partial charge in [0.2, 0.25) is 0 Å². The Hall–Kier alpha value is -0.160. The molecule has 0 radical (unpaired) electrons. The molecule has 18 heavy (non-hydrogen) atoms. The fourth-order valence-electron chi connectivity index (χ4n) is 2.47. The quantitative estimate of drug-likeness (QED) is 0.908. The Morgan fingerprint density at radius 1 is 1.44 bits per heavy atom. The number of benzene rings is 1. The van der Waals surface area contributed by atoms with Crippen LogP contribution in [0, 0.1) is 11.7 Å². The van der Waals surface area contributed by atoms with Gasteiger partial charge in [0.05, 0.1) is 0 Å². The van der Waals surface area contributed by atoms with Gasteiger partial charge in [0, 0.05) is 17.6 Å². The van der Waals surface area contributed by atoms with Crippen LogP contribution in [0.25, 0.3) is 0 Å². The summed E-state index contributed by atoms with van der Waals surface area (Å²) in [5, 5.41) is 3.22. The molecule has 1 aromatic rings. The first kappa shape index (κ1) is 15.9. The minimum atomic E-state index is -0.166. The van der Waals surface area contributed by atoms with Gasteiger partial charge >= 0.3 is 0 Å². The molecule has 0 saturated carbocycles. The number of halogens is 3. The van der Waals surface area contributed by atoms with Gasteiger partial charge in [0.15, 0.2) is 0 Å². The number of hydrogen-bond acceptors (Lipinski definition) is 2. The van der Waals surface area contributed by atoms with Gasteiger partial charge < -0.3 is 5.32 Å². The molecule has 1 N–H and O–H groups in total. The van der Waals surface area contributed by atoms with Crippen LogP contribution in [-0.4, -0.2) is 31.6 Å². The number of hydrogen-bond donors (Lipinski definition) is 1. The van der Waals surface area contributed by atoms with Crippen LogP contribution in [0.2, 0.25) is 0 Å². The van der Waals surface area contributed by atoms with E-state index in [-0.39, 0.29) is 18.2 Å². The summed E-state index contributed by atoms with van der Waals surface area (Å²) in [4.78, 5) is 2.39. The molecule has 0 aromatic heterocycles. The predicted molar refractivity (Wildman–Crippen MR) is 78.7 cm³/mol. The van der Waals surface area contributed by atoms with E-state index in [2.05, 4.69) is 26.1 Å². The van der Waals surface area contributed by atoms with Crippen molar-refractivity contribution in [3.8, 4) is 0 Å². The Morgan fingerprint density at radius 2 is 2.22 bits per heavy atom. The molecule has 1 atom stereocenters. The van der Waals surface area contributed by atoms with Crippen molar-refractivity contribution in [2.75, 3.05) is 26.7 Å². The topological polar surface area (TPSA) is 15.3 Å². The van der Waals surface area contributed by atoms with Crippen LogP contribution in [0.15, 0.2) is 22.7 Å². The Morgan fingerprint density at radius 3 is 2.89 bits per heavy atom. The van der Waals surface area contributed by atoms with Gasteiger partial charge in [-0.25, -0.2) is 4.39 Å². The Labute approximate surface area is 122 Å². The normalized spacial score (nSPS) is 19.8. The SMILES string of the molecule is CNCC1CCN(Cc2cc(F)cc(Br)c2)C1.Cl. The van der Waals surface area contributed by atoms with E-state index in [1.807, 2.05) is 13.1 Å². The van der Waals surface area contributed by atoms with E-state index in [1.165, 1.54) is 12.5 Å². The second-order valence-electron chi connectivity index (χ2n) is 4.73. The second kappa shape index (κ2) is 7.43. The summed E-state index contributed by atoms with van der Waals surface area (Å²) in [5.41, 5.74) is 1.04. The zero-order valence-corrected chi connectivity index (χ0v) is 12.9. The van der Waals surface area contributed by atoms with Gasteiger partial charge in [-0.2, -0.15) is 0 Å². The summed E-state index contributed by atoms with van der Waals surface area (Å²) in [6, 6.07) is 5.11. The van der Waals surface area contributed by atoms with Gasteiger partial charge in [-0.3, -0.25) is 4.90 Å². The number of likely N-dealkylation sites (tertiary alicyclic amines) is 1. The molecule has 1 aliphatic rings. The molecule has 2 rings (SSSR count). The molecule has 1 fully saturated rings. The van der Waals surface area contributed by atoms with Crippen LogP contribution in [0.5, 0.6) is 0 Å². The van der Waals surface area contributed by atoms with Crippen molar-refractivity contribution >= 4 is 28.3 Å². The van der Waals surface area contributed by atoms with Crippen LogP contribution in [0.1, 0.15) is 12.0 Å². The summed E-state index contributed by atoms with van der Waals surface area (Å²) in [6.07, 6.45) is 1.23. The molecule has 1 aromatic carbocycles. The van der Waals surface area contributed by atoms with Gasteiger partial charge in [0.1, 0.15) is 5.82 Å². The third kappa shape index (κ3) is 4.50. The van der Waals surface area contributed by atoms with Gasteiger partial charge in [-0.05, 0) is 56.2 Å². The molecule has 0 spiro atoms. The molecule has 0 aliphatic carbocycles. The van der Waals surface area contributed by atoms with E-state index in [4.69, 9.17) is 0 Å². The molecule has 5 heteroatoms. The van der Waals surface area contributed by atoms with Crippen LogP contribution >= 0.6 is 28.3 Å². The number of nitrogens with one attached hydrogen (secondary N) is 1. The highest BCUT2D eigenvalue weighted by Crippen LogP contribution is 2.20. The van der Waals surface area contributed by atoms with E-state index < -0.39 is 0 Å². The average Bonchev–Trinajstić information content (AvgIpc) is 2.64. The summed E-state index contributed by atoms with van der Waals surface area (Å²) < 4.78 is 14.1. The number of nitrogens with zero attached hydrogens (tertiary/aromatic N) is 1. The maximum absolute atomic E-state index is 13.2. The third-order valence-corrected chi connectivity index (χ3v) is 3.65. The van der Waals surface area contributed by atoms with E-state index in [1.54, 1.807) is 6.07 Å². The molecule has 1 unspecified atom stereocenters. The first-order valence-corrected chi connectivity index (χ1v) is 6.78. The molecule has 1 aliphatic heterocycles. The van der Waals surface area contributed by atoms with Crippen molar-refractivity contribution in [2.24, 2.45) is 5.92 Å². The fourth-order valence-corrected chi connectivity index (χ4v) is 2.98. The van der Waals surface area contributed by atoms with Crippen LogP contribution in [0.3, 0.4) is 0 Å².